The van der Waals surface area contributed by atoms with E-state index in [9.17, 15) is 33.4 Å². The first kappa shape index (κ1) is 18.8. The number of allylic oxidation sites excluding steroid dienone is 1. The number of rotatable bonds is 3. The zero-order chi connectivity index (χ0) is 19.1. The molecule has 0 saturated heterocycles. The lowest BCUT2D eigenvalue weighted by atomic mass is 10.1. The molecule has 0 fully saturated rings. The first-order valence-corrected chi connectivity index (χ1v) is 7.06. The summed E-state index contributed by atoms with van der Waals surface area (Å²) in [6, 6.07) is 0.581. The number of benzene rings is 1. The van der Waals surface area contributed by atoms with Crippen molar-refractivity contribution in [1.29, 1.82) is 0 Å². The zero-order valence-corrected chi connectivity index (χ0v) is 13.3. The molecule has 134 valence electrons. The van der Waals surface area contributed by atoms with E-state index in [-0.39, 0.29) is 11.8 Å². The van der Waals surface area contributed by atoms with Crippen molar-refractivity contribution in [3.8, 4) is 0 Å². The molecule has 0 saturated carbocycles. The highest BCUT2D eigenvalue weighted by atomic mass is 35.5. The fourth-order valence-corrected chi connectivity index (χ4v) is 2.87. The maximum Gasteiger partial charge on any atom is 0.418 e. The normalized spacial score (nSPS) is 17.8. The number of nitrogens with zero attached hydrogens (tertiary/aromatic N) is 3. The Morgan fingerprint density at radius 2 is 1.80 bits per heavy atom. The summed E-state index contributed by atoms with van der Waals surface area (Å²) in [5, 5.41) is 21.7. The Hall–Kier alpha value is -2.53. The van der Waals surface area contributed by atoms with Crippen LogP contribution in [0.2, 0.25) is 0 Å². The second kappa shape index (κ2) is 6.41. The average molecular weight is 399 g/mol. The molecule has 8 nitrogen and oxygen atoms in total. The monoisotopic (exact) mass is 398 g/mol. The third-order valence-corrected chi connectivity index (χ3v) is 3.73. The van der Waals surface area contributed by atoms with Crippen LogP contribution in [0.3, 0.4) is 0 Å². The van der Waals surface area contributed by atoms with Gasteiger partial charge >= 0.3 is 6.18 Å². The number of non-ortho nitro benzene ring substituents is 1. The molecule has 1 heterocycles. The second-order valence-electron chi connectivity index (χ2n) is 4.75. The Balaban J connectivity index is 2.86. The van der Waals surface area contributed by atoms with Crippen molar-refractivity contribution in [3.05, 3.63) is 60.9 Å². The van der Waals surface area contributed by atoms with Gasteiger partial charge in [0.25, 0.3) is 11.4 Å². The van der Waals surface area contributed by atoms with Crippen molar-refractivity contribution in [3.63, 3.8) is 0 Å². The summed E-state index contributed by atoms with van der Waals surface area (Å²) in [5.74, 6) is 0. The van der Waals surface area contributed by atoms with Gasteiger partial charge in [0.2, 0.25) is 0 Å². The van der Waals surface area contributed by atoms with E-state index in [1.54, 1.807) is 0 Å². The molecule has 13 heteroatoms. The highest BCUT2D eigenvalue weighted by Crippen LogP contribution is 2.47. The number of nitro benzene ring substituents is 2. The molecule has 2 rings (SSSR count). The first-order chi connectivity index (χ1) is 11.4. The highest BCUT2D eigenvalue weighted by molar-refractivity contribution is 6.34. The Labute approximate surface area is 147 Å². The molecular formula is C12H7Cl2F3N4O4. The van der Waals surface area contributed by atoms with Gasteiger partial charge in [-0.3, -0.25) is 20.2 Å². The van der Waals surface area contributed by atoms with Crippen molar-refractivity contribution >= 4 is 40.3 Å². The largest absolute Gasteiger partial charge is 0.418 e. The number of hydrogen-bond donors (Lipinski definition) is 1. The van der Waals surface area contributed by atoms with Gasteiger partial charge in [0.15, 0.2) is 0 Å². The van der Waals surface area contributed by atoms with E-state index in [0.29, 0.717) is 11.0 Å². The van der Waals surface area contributed by atoms with E-state index < -0.39 is 49.3 Å². The predicted octanol–water partition coefficient (Wildman–Crippen LogP) is 3.83. The molecular weight excluding hydrogens is 392 g/mol. The van der Waals surface area contributed by atoms with Crippen LogP contribution in [0.4, 0.5) is 30.2 Å². The van der Waals surface area contributed by atoms with E-state index >= 15 is 0 Å². The molecule has 0 aromatic heterocycles. The molecule has 1 aromatic rings. The molecule has 0 bridgehead atoms. The number of anilines is 1. The Morgan fingerprint density at radius 3 is 2.24 bits per heavy atom. The molecule has 1 atom stereocenters. The topological polar surface area (TPSA) is 116 Å². The molecule has 1 unspecified atom stereocenters. The van der Waals surface area contributed by atoms with Gasteiger partial charge in [-0.25, -0.2) is 0 Å². The molecule has 0 amide bonds. The molecule has 1 aromatic carbocycles. The van der Waals surface area contributed by atoms with Crippen LogP contribution >= 0.6 is 23.2 Å². The van der Waals surface area contributed by atoms with Crippen LogP contribution in [0.15, 0.2) is 35.1 Å². The Morgan fingerprint density at radius 1 is 1.20 bits per heavy atom. The van der Waals surface area contributed by atoms with E-state index in [1.807, 2.05) is 0 Å². The van der Waals surface area contributed by atoms with Gasteiger partial charge in [0.05, 0.1) is 21.5 Å². The maximum atomic E-state index is 13.4. The second-order valence-corrected chi connectivity index (χ2v) is 5.58. The number of nitrogens with two attached hydrogens (primary N) is 1. The van der Waals surface area contributed by atoms with Crippen LogP contribution < -0.4 is 10.6 Å². The molecule has 0 aliphatic carbocycles. The van der Waals surface area contributed by atoms with Gasteiger partial charge in [-0.15, -0.1) is 0 Å². The fourth-order valence-electron chi connectivity index (χ4n) is 2.15. The minimum absolute atomic E-state index is 0.0411. The van der Waals surface area contributed by atoms with E-state index in [1.165, 1.54) is 0 Å². The average Bonchev–Trinajstić information content (AvgIpc) is 2.44. The summed E-state index contributed by atoms with van der Waals surface area (Å²) in [6.45, 7) is 0. The molecule has 0 spiro atoms. The minimum atomic E-state index is -5.15. The zero-order valence-electron chi connectivity index (χ0n) is 11.8. The van der Waals surface area contributed by atoms with Crippen molar-refractivity contribution in [2.75, 3.05) is 4.90 Å². The van der Waals surface area contributed by atoms with Crippen LogP contribution in [0.1, 0.15) is 5.56 Å². The quantitative estimate of drug-likeness (QED) is 0.358. The van der Waals surface area contributed by atoms with Crippen molar-refractivity contribution in [1.82, 2.24) is 0 Å². The minimum Gasteiger partial charge on any atom is -0.399 e. The van der Waals surface area contributed by atoms with Crippen molar-refractivity contribution in [2.45, 2.75) is 11.7 Å². The summed E-state index contributed by atoms with van der Waals surface area (Å²) in [4.78, 5) is 20.3. The third kappa shape index (κ3) is 3.61. The number of hydrogen-bond acceptors (Lipinski definition) is 6. The summed E-state index contributed by atoms with van der Waals surface area (Å²) in [7, 11) is 0. The third-order valence-electron chi connectivity index (χ3n) is 3.12. The Kier molecular flexibility index (Phi) is 4.82. The van der Waals surface area contributed by atoms with Gasteiger partial charge in [0.1, 0.15) is 16.3 Å². The Bertz CT molecular complexity index is 825. The van der Waals surface area contributed by atoms with Gasteiger partial charge in [-0.2, -0.15) is 13.2 Å². The van der Waals surface area contributed by atoms with E-state index in [0.717, 1.165) is 12.2 Å². The van der Waals surface area contributed by atoms with Gasteiger partial charge in [-0.05, 0) is 12.2 Å². The summed E-state index contributed by atoms with van der Waals surface area (Å²) in [5.41, 5.74) is -0.765. The number of halogens is 5. The SMILES string of the molecule is NC1=CC(Cl)N(c2c([N+](=O)[O-])cc([N+](=O)[O-])cc2C(F)(F)F)C(Cl)=C1. The highest BCUT2D eigenvalue weighted by Gasteiger charge is 2.43. The molecule has 1 aliphatic rings. The summed E-state index contributed by atoms with van der Waals surface area (Å²) >= 11 is 11.8. The lowest BCUT2D eigenvalue weighted by molar-refractivity contribution is -0.394. The molecule has 0 radical (unpaired) electrons. The van der Waals surface area contributed by atoms with Gasteiger partial charge in [-0.1, -0.05) is 23.2 Å². The van der Waals surface area contributed by atoms with Gasteiger partial charge < -0.3 is 10.6 Å². The lowest BCUT2D eigenvalue weighted by Gasteiger charge is -2.31. The van der Waals surface area contributed by atoms with Crippen LogP contribution in [0.5, 0.6) is 0 Å². The standard InChI is InChI=1S/C12H7Cl2F3N4O4/c13-9-1-5(18)2-10(14)19(9)11-7(12(15,16)17)3-6(20(22)23)4-8(11)21(24)25/h1-4,9H,18H2. The summed E-state index contributed by atoms with van der Waals surface area (Å²) < 4.78 is 40.2. The maximum absolute atomic E-state index is 13.4. The fraction of sp³-hybridized carbons (Fsp3) is 0.167. The van der Waals surface area contributed by atoms with Gasteiger partial charge in [0, 0.05) is 11.8 Å². The van der Waals surface area contributed by atoms with E-state index in [2.05, 4.69) is 0 Å². The van der Waals surface area contributed by atoms with Crippen LogP contribution in [-0.4, -0.2) is 15.3 Å². The molecule has 2 N–H and O–H groups in total. The van der Waals surface area contributed by atoms with Crippen molar-refractivity contribution < 1.29 is 23.0 Å². The number of nitro groups is 2. The predicted molar refractivity (Wildman–Crippen MR) is 83.1 cm³/mol. The van der Waals surface area contributed by atoms with Crippen LogP contribution in [0, 0.1) is 20.2 Å². The molecule has 1 aliphatic heterocycles. The molecule has 25 heavy (non-hydrogen) atoms. The summed E-state index contributed by atoms with van der Waals surface area (Å²) in [6.07, 6.45) is -2.99. The van der Waals surface area contributed by atoms with Crippen LogP contribution in [-0.2, 0) is 6.18 Å². The smallest absolute Gasteiger partial charge is 0.399 e. The number of alkyl halides is 4. The van der Waals surface area contributed by atoms with Crippen molar-refractivity contribution in [2.24, 2.45) is 5.73 Å². The van der Waals surface area contributed by atoms with Crippen LogP contribution in [0.25, 0.3) is 0 Å². The first-order valence-electron chi connectivity index (χ1n) is 6.25. The lowest BCUT2D eigenvalue weighted by Crippen LogP contribution is -2.33. The van der Waals surface area contributed by atoms with E-state index in [4.69, 9.17) is 28.9 Å².